The van der Waals surface area contributed by atoms with Crippen LogP contribution in [0.3, 0.4) is 0 Å². The molecular formula is C12H15N3O3S. The van der Waals surface area contributed by atoms with E-state index < -0.39 is 10.9 Å². The zero-order valence-electron chi connectivity index (χ0n) is 10.8. The second kappa shape index (κ2) is 5.92. The summed E-state index contributed by atoms with van der Waals surface area (Å²) in [6.07, 6.45) is 1.68. The van der Waals surface area contributed by atoms with Gasteiger partial charge in [-0.15, -0.1) is 0 Å². The third kappa shape index (κ3) is 2.81. The lowest BCUT2D eigenvalue weighted by Gasteiger charge is -2.11. The van der Waals surface area contributed by atoms with Crippen molar-refractivity contribution in [1.82, 2.24) is 9.97 Å². The van der Waals surface area contributed by atoms with Crippen molar-refractivity contribution in [2.75, 3.05) is 24.7 Å². The Balaban J connectivity index is 1.73. The molecule has 0 radical (unpaired) electrons. The molecule has 0 bridgehead atoms. The van der Waals surface area contributed by atoms with Crippen LogP contribution in [-0.4, -0.2) is 29.4 Å². The third-order valence-corrected chi connectivity index (χ3v) is 3.78. The minimum Gasteiger partial charge on any atom is -0.491 e. The molecule has 0 saturated carbocycles. The summed E-state index contributed by atoms with van der Waals surface area (Å²) < 4.78 is 4.84. The summed E-state index contributed by atoms with van der Waals surface area (Å²) in [6.45, 7) is 2.57. The number of nitrogens with zero attached hydrogens (tertiary/aromatic N) is 1. The number of hydrogen-bond acceptors (Lipinski definition) is 6. The largest absolute Gasteiger partial charge is 0.491 e. The van der Waals surface area contributed by atoms with Gasteiger partial charge in [-0.1, -0.05) is 0 Å². The smallest absolute Gasteiger partial charge is 0.271 e. The molecule has 2 aromatic rings. The van der Waals surface area contributed by atoms with Gasteiger partial charge in [0.25, 0.3) is 10.9 Å². The topological polar surface area (TPSA) is 84.1 Å². The normalized spacial score (nSPS) is 10.8. The van der Waals surface area contributed by atoms with Gasteiger partial charge in [0.1, 0.15) is 5.69 Å². The van der Waals surface area contributed by atoms with E-state index in [9.17, 15) is 9.59 Å². The van der Waals surface area contributed by atoms with Gasteiger partial charge in [-0.2, -0.15) is 11.8 Å². The van der Waals surface area contributed by atoms with Crippen molar-refractivity contribution in [1.29, 1.82) is 0 Å². The minimum absolute atomic E-state index is 0.138. The Hall–Kier alpha value is -1.76. The van der Waals surface area contributed by atoms with Crippen molar-refractivity contribution in [3.8, 4) is 5.75 Å². The number of aromatic amines is 1. The highest BCUT2D eigenvalue weighted by Gasteiger charge is 2.20. The van der Waals surface area contributed by atoms with Crippen molar-refractivity contribution in [3.63, 3.8) is 0 Å². The van der Waals surface area contributed by atoms with Gasteiger partial charge in [-0.25, -0.2) is 4.98 Å². The van der Waals surface area contributed by atoms with Crippen LogP contribution in [-0.2, 0) is 5.75 Å². The minimum atomic E-state index is -0.550. The van der Waals surface area contributed by atoms with E-state index in [-0.39, 0.29) is 5.75 Å². The van der Waals surface area contributed by atoms with Gasteiger partial charge in [-0.05, 0) is 6.92 Å². The Morgan fingerprint density at radius 3 is 2.84 bits per heavy atom. The molecule has 0 unspecified atom stereocenters. The van der Waals surface area contributed by atoms with Gasteiger partial charge in [0.2, 0.25) is 0 Å². The van der Waals surface area contributed by atoms with Crippen LogP contribution in [0, 0.1) is 6.92 Å². The molecule has 1 aromatic carbocycles. The van der Waals surface area contributed by atoms with E-state index in [2.05, 4.69) is 15.3 Å². The Kier molecular flexibility index (Phi) is 4.26. The molecule has 19 heavy (non-hydrogen) atoms. The first kappa shape index (κ1) is 13.7. The van der Waals surface area contributed by atoms with Gasteiger partial charge in [0.15, 0.2) is 5.75 Å². The molecule has 0 aliphatic rings. The van der Waals surface area contributed by atoms with Gasteiger partial charge in [-0.3, -0.25) is 9.59 Å². The van der Waals surface area contributed by atoms with Crippen molar-refractivity contribution in [2.45, 2.75) is 12.7 Å². The number of imidazole rings is 1. The van der Waals surface area contributed by atoms with Gasteiger partial charge >= 0.3 is 0 Å². The van der Waals surface area contributed by atoms with Crippen molar-refractivity contribution >= 4 is 17.4 Å². The average Bonchev–Trinajstić information content (AvgIpc) is 2.82. The molecule has 0 spiro atoms. The number of rotatable bonds is 7. The fourth-order valence-electron chi connectivity index (χ4n) is 1.68. The predicted molar refractivity (Wildman–Crippen MR) is 75.9 cm³/mol. The van der Waals surface area contributed by atoms with Crippen LogP contribution in [0.25, 0.3) is 0 Å². The average molecular weight is 281 g/mol. The lowest BCUT2D eigenvalue weighted by Crippen LogP contribution is -2.35. The van der Waals surface area contributed by atoms with E-state index >= 15 is 0 Å². The molecule has 0 aliphatic carbocycles. The summed E-state index contributed by atoms with van der Waals surface area (Å²) >= 11 is 1.72. The molecule has 1 aromatic heterocycles. The lowest BCUT2D eigenvalue weighted by molar-refractivity contribution is 0.407. The van der Waals surface area contributed by atoms with E-state index in [1.54, 1.807) is 18.1 Å². The van der Waals surface area contributed by atoms with Crippen molar-refractivity contribution in [3.05, 3.63) is 38.2 Å². The Labute approximate surface area is 114 Å². The van der Waals surface area contributed by atoms with Gasteiger partial charge in [0.05, 0.1) is 19.1 Å². The molecular weight excluding hydrogens is 266 g/mol. The summed E-state index contributed by atoms with van der Waals surface area (Å²) in [4.78, 5) is 29.5. The second-order valence-electron chi connectivity index (χ2n) is 4.01. The van der Waals surface area contributed by atoms with Crippen LogP contribution < -0.4 is 20.9 Å². The van der Waals surface area contributed by atoms with Crippen LogP contribution in [0.1, 0.15) is 11.4 Å². The maximum atomic E-state index is 11.3. The lowest BCUT2D eigenvalue weighted by atomic mass is 10.2. The van der Waals surface area contributed by atoms with Crippen molar-refractivity contribution in [2.24, 2.45) is 0 Å². The first-order valence-corrected chi connectivity index (χ1v) is 6.98. The van der Waals surface area contributed by atoms with Crippen LogP contribution in [0.15, 0.2) is 15.9 Å². The predicted octanol–water partition coefficient (Wildman–Crippen LogP) is 0.668. The molecule has 0 aliphatic heterocycles. The monoisotopic (exact) mass is 281 g/mol. The number of hydrogen-bond donors (Lipinski definition) is 2. The van der Waals surface area contributed by atoms with Gasteiger partial charge < -0.3 is 15.0 Å². The number of nitrogens with one attached hydrogen (secondary N) is 2. The van der Waals surface area contributed by atoms with E-state index in [0.29, 0.717) is 12.2 Å². The first-order valence-electron chi connectivity index (χ1n) is 5.83. The maximum Gasteiger partial charge on any atom is 0.271 e. The Morgan fingerprint density at radius 1 is 1.42 bits per heavy atom. The molecule has 6 nitrogen and oxygen atoms in total. The zero-order chi connectivity index (χ0) is 13.8. The summed E-state index contributed by atoms with van der Waals surface area (Å²) in [5.74, 6) is 1.80. The molecule has 7 heteroatoms. The molecule has 102 valence electrons. The van der Waals surface area contributed by atoms with E-state index in [0.717, 1.165) is 22.9 Å². The second-order valence-corrected chi connectivity index (χ2v) is 5.12. The van der Waals surface area contributed by atoms with E-state index in [1.165, 1.54) is 7.11 Å². The SMILES string of the molecule is COc1c(NCCSCc2[nH]cnc2C)c(=O)c1=O. The summed E-state index contributed by atoms with van der Waals surface area (Å²) in [6, 6.07) is 0. The van der Waals surface area contributed by atoms with Crippen LogP contribution >= 0.6 is 11.8 Å². The maximum absolute atomic E-state index is 11.3. The first-order chi connectivity index (χ1) is 9.15. The van der Waals surface area contributed by atoms with E-state index in [4.69, 9.17) is 4.74 Å². The highest BCUT2D eigenvalue weighted by molar-refractivity contribution is 7.98. The van der Waals surface area contributed by atoms with Crippen LogP contribution in [0.5, 0.6) is 5.75 Å². The fourth-order valence-corrected chi connectivity index (χ4v) is 2.57. The highest BCUT2D eigenvalue weighted by Crippen LogP contribution is 2.17. The molecule has 0 fully saturated rings. The molecule has 1 heterocycles. The number of aromatic nitrogens is 2. The zero-order valence-corrected chi connectivity index (χ0v) is 11.6. The number of aryl methyl sites for hydroxylation is 1. The number of anilines is 1. The molecule has 2 rings (SSSR count). The quantitative estimate of drug-likeness (QED) is 0.573. The van der Waals surface area contributed by atoms with Gasteiger partial charge in [0, 0.05) is 23.7 Å². The summed E-state index contributed by atoms with van der Waals surface area (Å²) in [5.41, 5.74) is 1.36. The standard InChI is InChI=1S/C12H15N3O3S/c1-7-8(15-6-14-7)5-19-4-3-13-9-10(16)11(17)12(9)18-2/h6,13H,3-5H2,1-2H3,(H,14,15). The van der Waals surface area contributed by atoms with Crippen LogP contribution in [0.4, 0.5) is 5.69 Å². The molecule has 0 saturated heterocycles. The Morgan fingerprint density at radius 2 is 2.21 bits per heavy atom. The number of H-pyrrole nitrogens is 1. The molecule has 0 amide bonds. The summed E-state index contributed by atoms with van der Waals surface area (Å²) in [5, 5.41) is 2.93. The van der Waals surface area contributed by atoms with Crippen LogP contribution in [0.2, 0.25) is 0 Å². The Bertz CT molecular complexity index is 628. The highest BCUT2D eigenvalue weighted by atomic mass is 32.2. The molecule has 2 N–H and O–H groups in total. The third-order valence-electron chi connectivity index (χ3n) is 2.80. The molecule has 0 atom stereocenters. The number of thioether (sulfide) groups is 1. The fraction of sp³-hybridized carbons (Fsp3) is 0.417. The number of ether oxygens (including phenoxy) is 1. The van der Waals surface area contributed by atoms with Crippen molar-refractivity contribution < 1.29 is 4.74 Å². The summed E-state index contributed by atoms with van der Waals surface area (Å²) in [7, 11) is 1.39. The van der Waals surface area contributed by atoms with E-state index in [1.807, 2.05) is 6.92 Å². The number of methoxy groups -OCH3 is 1.